The molecule has 2 rings (SSSR count). The molecule has 2 N–H and O–H groups in total. The molecule has 0 heterocycles. The zero-order valence-electron chi connectivity index (χ0n) is 12.0. The van der Waals surface area contributed by atoms with Crippen molar-refractivity contribution in [3.63, 3.8) is 0 Å². The van der Waals surface area contributed by atoms with Crippen LogP contribution in [0.25, 0.3) is 0 Å². The Morgan fingerprint density at radius 3 is 2.47 bits per heavy atom. The molecule has 0 saturated heterocycles. The van der Waals surface area contributed by atoms with Gasteiger partial charge in [0.25, 0.3) is 0 Å². The predicted molar refractivity (Wildman–Crippen MR) is 74.8 cm³/mol. The van der Waals surface area contributed by atoms with Crippen molar-refractivity contribution in [1.29, 1.82) is 0 Å². The van der Waals surface area contributed by atoms with Gasteiger partial charge in [-0.15, -0.1) is 0 Å². The average Bonchev–Trinajstić information content (AvgIpc) is 2.32. The van der Waals surface area contributed by atoms with Gasteiger partial charge in [-0.05, 0) is 48.9 Å². The Morgan fingerprint density at radius 1 is 1.06 bits per heavy atom. The van der Waals surface area contributed by atoms with E-state index in [-0.39, 0.29) is 0 Å². The Balaban J connectivity index is 2.07. The van der Waals surface area contributed by atoms with Crippen molar-refractivity contribution in [2.45, 2.75) is 78.2 Å². The molecule has 17 heavy (non-hydrogen) atoms. The number of rotatable bonds is 2. The van der Waals surface area contributed by atoms with Crippen molar-refractivity contribution in [3.05, 3.63) is 0 Å². The minimum absolute atomic E-state index is 0.486. The third-order valence-electron chi connectivity index (χ3n) is 5.53. The van der Waals surface area contributed by atoms with Gasteiger partial charge in [-0.25, -0.2) is 0 Å². The Bertz CT molecular complexity index is 246. The smallest absolute Gasteiger partial charge is 0.00703 e. The normalized spacial score (nSPS) is 42.4. The van der Waals surface area contributed by atoms with Gasteiger partial charge in [-0.1, -0.05) is 46.5 Å². The molecular formula is C16H31N. The summed E-state index contributed by atoms with van der Waals surface area (Å²) >= 11 is 0. The van der Waals surface area contributed by atoms with Crippen LogP contribution in [0, 0.1) is 23.2 Å². The van der Waals surface area contributed by atoms with E-state index in [2.05, 4.69) is 20.8 Å². The molecule has 0 aromatic heterocycles. The maximum absolute atomic E-state index is 6.45. The van der Waals surface area contributed by atoms with Crippen LogP contribution in [0.2, 0.25) is 0 Å². The van der Waals surface area contributed by atoms with Crippen molar-refractivity contribution in [1.82, 2.24) is 0 Å². The second kappa shape index (κ2) is 5.30. The summed E-state index contributed by atoms with van der Waals surface area (Å²) < 4.78 is 0. The van der Waals surface area contributed by atoms with Crippen molar-refractivity contribution >= 4 is 0 Å². The van der Waals surface area contributed by atoms with Crippen LogP contribution < -0.4 is 5.73 Å². The lowest BCUT2D eigenvalue weighted by Crippen LogP contribution is -2.45. The average molecular weight is 237 g/mol. The highest BCUT2D eigenvalue weighted by Crippen LogP contribution is 2.47. The molecule has 0 amide bonds. The molecule has 0 aromatic carbocycles. The summed E-state index contributed by atoms with van der Waals surface area (Å²) in [6.45, 7) is 7.26. The monoisotopic (exact) mass is 237 g/mol. The maximum Gasteiger partial charge on any atom is 0.00703 e. The Morgan fingerprint density at radius 2 is 1.76 bits per heavy atom. The van der Waals surface area contributed by atoms with E-state index in [1.54, 1.807) is 0 Å². The highest BCUT2D eigenvalue weighted by atomic mass is 14.7. The van der Waals surface area contributed by atoms with Crippen molar-refractivity contribution < 1.29 is 0 Å². The van der Waals surface area contributed by atoms with Gasteiger partial charge in [-0.3, -0.25) is 0 Å². The lowest BCUT2D eigenvalue weighted by Gasteiger charge is -2.46. The minimum atomic E-state index is 0.486. The van der Waals surface area contributed by atoms with Crippen molar-refractivity contribution in [2.24, 2.45) is 28.9 Å². The summed E-state index contributed by atoms with van der Waals surface area (Å²) in [5.74, 6) is 2.71. The Kier molecular flexibility index (Phi) is 4.18. The summed E-state index contributed by atoms with van der Waals surface area (Å²) in [6.07, 6.45) is 11.1. The third-order valence-corrected chi connectivity index (χ3v) is 5.53. The molecule has 2 aliphatic carbocycles. The topological polar surface area (TPSA) is 26.0 Å². The Labute approximate surface area is 108 Å². The van der Waals surface area contributed by atoms with E-state index in [0.29, 0.717) is 11.5 Å². The second-order valence-electron chi connectivity index (χ2n) is 7.35. The quantitative estimate of drug-likeness (QED) is 0.759. The first-order chi connectivity index (χ1) is 8.03. The van der Waals surface area contributed by atoms with Gasteiger partial charge >= 0.3 is 0 Å². The van der Waals surface area contributed by atoms with Crippen LogP contribution in [-0.4, -0.2) is 6.04 Å². The largest absolute Gasteiger partial charge is 0.327 e. The van der Waals surface area contributed by atoms with E-state index in [0.717, 1.165) is 17.8 Å². The summed E-state index contributed by atoms with van der Waals surface area (Å²) in [5, 5.41) is 0. The molecule has 2 fully saturated rings. The molecule has 0 bridgehead atoms. The fraction of sp³-hybridized carbons (Fsp3) is 1.00. The highest BCUT2D eigenvalue weighted by molar-refractivity contribution is 4.93. The fourth-order valence-electron chi connectivity index (χ4n) is 4.44. The highest BCUT2D eigenvalue weighted by Gasteiger charge is 2.40. The molecule has 2 saturated carbocycles. The predicted octanol–water partition coefficient (Wildman–Crippen LogP) is 4.36. The fourth-order valence-corrected chi connectivity index (χ4v) is 4.44. The van der Waals surface area contributed by atoms with Crippen LogP contribution in [-0.2, 0) is 0 Å². The van der Waals surface area contributed by atoms with E-state index < -0.39 is 0 Å². The van der Waals surface area contributed by atoms with E-state index in [9.17, 15) is 0 Å². The van der Waals surface area contributed by atoms with Gasteiger partial charge in [0.2, 0.25) is 0 Å². The number of hydrogen-bond donors (Lipinski definition) is 1. The van der Waals surface area contributed by atoms with Gasteiger partial charge in [-0.2, -0.15) is 0 Å². The summed E-state index contributed by atoms with van der Waals surface area (Å²) in [7, 11) is 0. The molecule has 4 unspecified atom stereocenters. The molecule has 1 nitrogen and oxygen atoms in total. The molecule has 1 heteroatoms. The molecule has 2 aliphatic rings. The van der Waals surface area contributed by atoms with E-state index in [4.69, 9.17) is 5.73 Å². The minimum Gasteiger partial charge on any atom is -0.327 e. The zero-order valence-corrected chi connectivity index (χ0v) is 12.0. The Hall–Kier alpha value is -0.0400. The summed E-state index contributed by atoms with van der Waals surface area (Å²) in [6, 6.07) is 0.486. The molecule has 4 atom stereocenters. The first kappa shape index (κ1) is 13.4. The van der Waals surface area contributed by atoms with Crippen LogP contribution in [0.5, 0.6) is 0 Å². The molecule has 0 spiro atoms. The second-order valence-corrected chi connectivity index (χ2v) is 7.35. The third kappa shape index (κ3) is 3.05. The van der Waals surface area contributed by atoms with Crippen LogP contribution in [0.15, 0.2) is 0 Å². The first-order valence-corrected chi connectivity index (χ1v) is 7.79. The zero-order chi connectivity index (χ0) is 12.5. The van der Waals surface area contributed by atoms with E-state index >= 15 is 0 Å². The summed E-state index contributed by atoms with van der Waals surface area (Å²) in [5.41, 5.74) is 6.99. The molecular weight excluding hydrogens is 206 g/mol. The molecule has 0 radical (unpaired) electrons. The van der Waals surface area contributed by atoms with Gasteiger partial charge in [0.15, 0.2) is 0 Å². The van der Waals surface area contributed by atoms with Gasteiger partial charge in [0.05, 0.1) is 0 Å². The van der Waals surface area contributed by atoms with Crippen LogP contribution in [0.4, 0.5) is 0 Å². The lowest BCUT2D eigenvalue weighted by molar-refractivity contribution is 0.0587. The number of nitrogens with two attached hydrogens (primary N) is 1. The standard InChI is InChI=1S/C16H31N/c1-4-12-7-5-6-8-13(12)14-11-16(2,3)10-9-15(14)17/h12-15H,4-11,17H2,1-3H3. The van der Waals surface area contributed by atoms with E-state index in [1.807, 2.05) is 0 Å². The van der Waals surface area contributed by atoms with Gasteiger partial charge in [0, 0.05) is 6.04 Å². The van der Waals surface area contributed by atoms with Crippen molar-refractivity contribution in [3.8, 4) is 0 Å². The number of hydrogen-bond acceptors (Lipinski definition) is 1. The van der Waals surface area contributed by atoms with Gasteiger partial charge in [0.1, 0.15) is 0 Å². The summed E-state index contributed by atoms with van der Waals surface area (Å²) in [4.78, 5) is 0. The maximum atomic E-state index is 6.45. The SMILES string of the molecule is CCC1CCCCC1C1CC(C)(C)CCC1N. The molecule has 100 valence electrons. The molecule has 0 aliphatic heterocycles. The van der Waals surface area contributed by atoms with Crippen LogP contribution in [0.1, 0.15) is 72.1 Å². The van der Waals surface area contributed by atoms with Crippen LogP contribution >= 0.6 is 0 Å². The lowest BCUT2D eigenvalue weighted by atomic mass is 9.60. The van der Waals surface area contributed by atoms with Crippen molar-refractivity contribution in [2.75, 3.05) is 0 Å². The van der Waals surface area contributed by atoms with Gasteiger partial charge < -0.3 is 5.73 Å². The first-order valence-electron chi connectivity index (χ1n) is 7.79. The van der Waals surface area contributed by atoms with E-state index in [1.165, 1.54) is 51.4 Å². The van der Waals surface area contributed by atoms with Crippen LogP contribution in [0.3, 0.4) is 0 Å². The molecule has 0 aromatic rings.